The molecule has 0 saturated carbocycles. The second kappa shape index (κ2) is 45.1. The Morgan fingerprint density at radius 3 is 0.948 bits per heavy atom. The Labute approximate surface area is 610 Å². The summed E-state index contributed by atoms with van der Waals surface area (Å²) in [7, 11) is 0. The molecule has 8 rings (SSSR count). The van der Waals surface area contributed by atoms with Crippen molar-refractivity contribution in [2.75, 3.05) is 0 Å². The van der Waals surface area contributed by atoms with Crippen molar-refractivity contribution in [1.82, 2.24) is 0 Å². The minimum atomic E-state index is -2.95. The van der Waals surface area contributed by atoms with Crippen molar-refractivity contribution < 1.29 is 46.1 Å². The van der Waals surface area contributed by atoms with Crippen LogP contribution in [0.1, 0.15) is 341 Å². The second-order valence-electron chi connectivity index (χ2n) is 31.4. The molecule has 3 heteroatoms. The van der Waals surface area contributed by atoms with Gasteiger partial charge in [-0.15, -0.1) is 0 Å². The predicted octanol–water partition coefficient (Wildman–Crippen LogP) is 23.0. The molecule has 0 amide bonds. The fourth-order valence-electron chi connectivity index (χ4n) is 16.0. The Morgan fingerprint density at radius 2 is 0.646 bits per heavy atom. The average Bonchev–Trinajstić information content (AvgIpc) is 1.55. The average molecular weight is 1410 g/mol. The van der Waals surface area contributed by atoms with Crippen LogP contribution in [-0.2, 0) is 57.8 Å². The topological polar surface area (TPSA) is 0 Å². The molecule has 6 aromatic carbocycles. The number of rotatable bonds is 46. The van der Waals surface area contributed by atoms with Crippen LogP contribution in [0.3, 0.4) is 0 Å². The van der Waals surface area contributed by atoms with Gasteiger partial charge in [0.1, 0.15) is 0 Å². The molecule has 0 fully saturated rings. The molecular formula is C93H132Cl2Zr-4. The van der Waals surface area contributed by atoms with Gasteiger partial charge in [0.25, 0.3) is 0 Å². The van der Waals surface area contributed by atoms with Crippen molar-refractivity contribution in [3.8, 4) is 33.4 Å². The van der Waals surface area contributed by atoms with E-state index >= 15 is 0 Å². The van der Waals surface area contributed by atoms with Gasteiger partial charge in [-0.1, -0.05) is 181 Å². The Bertz CT molecular complexity index is 3020. The van der Waals surface area contributed by atoms with Crippen molar-refractivity contribution in [2.24, 2.45) is 0 Å². The van der Waals surface area contributed by atoms with E-state index in [1.165, 1.54) is 298 Å². The predicted molar refractivity (Wildman–Crippen MR) is 414 cm³/mol. The van der Waals surface area contributed by atoms with E-state index < -0.39 is 21.3 Å². The summed E-state index contributed by atoms with van der Waals surface area (Å²) in [5.41, 5.74) is 20.9. The maximum atomic E-state index is 2.81. The normalized spacial score (nSPS) is 12.9. The Hall–Kier alpha value is -3.87. The first-order valence-electron chi connectivity index (χ1n) is 39.7. The van der Waals surface area contributed by atoms with Gasteiger partial charge in [0, 0.05) is 0 Å². The van der Waals surface area contributed by atoms with E-state index in [0.717, 1.165) is 32.1 Å². The fraction of sp³-hybridized carbons (Fsp3) is 0.559. The van der Waals surface area contributed by atoms with Crippen molar-refractivity contribution in [3.05, 3.63) is 199 Å². The standard InChI is InChI=1S/C73H113.C15H14.C5H5.2ClH.Zr/c1-9-11-13-15-17-19-21-23-25-27-29-31-33-35-37-39-41-43-49-60-51-45-47-53-64(60)68-56-62-55-63-57-69(71(73(6,7)8)59-67(63)66(62)58-70(68)72(3,4)5)65-54-48-46-52-61(65)50-44-42-40-38-36-34-32-30-28-26-24-22-20-18-16-14-12-10-2;1-3-8-14(9-4-1)12-7-13-15-10-5-2-6-11-15;1-2-4-5-3-1;;;/h45-48,51-59H,9-44,49-50H2,1-8H3;1-6,8-11H,12-13H2;1-3H,4H2;2*1H;/q;;;;;-2/p-2. The van der Waals surface area contributed by atoms with Crippen LogP contribution in [0.2, 0.25) is 0 Å². The number of fused-ring (bicyclic) bond motifs is 3. The Kier molecular flexibility index (Phi) is 38.1. The van der Waals surface area contributed by atoms with Crippen LogP contribution in [0.4, 0.5) is 0 Å². The van der Waals surface area contributed by atoms with Crippen LogP contribution >= 0.6 is 0 Å². The van der Waals surface area contributed by atoms with E-state index in [1.807, 2.05) is 3.21 Å². The SMILES string of the molecule is CCCCCCCCCCCCCCCCCCCCc1ccccc1-c1cc2c(cc1C(C)(C)C)-c1cc(C(C)(C)C)c(-c3ccccc3CCCCCCCCCCCCCCCCCCCC)cc1[CH]2[Zr-2]([C]1=CC=CC1)=[C](Cc1ccccc1)Cc1ccccc1.[Cl-].[Cl-]. The molecule has 0 radical (unpaired) electrons. The van der Waals surface area contributed by atoms with Crippen molar-refractivity contribution in [1.29, 1.82) is 0 Å². The molecule has 2 aliphatic rings. The first-order valence-corrected chi connectivity index (χ1v) is 43.5. The summed E-state index contributed by atoms with van der Waals surface area (Å²) >= 11 is -2.95. The number of hydrogen-bond donors (Lipinski definition) is 0. The third-order valence-corrected chi connectivity index (χ3v) is 29.7. The number of hydrogen-bond acceptors (Lipinski definition) is 0. The van der Waals surface area contributed by atoms with E-state index in [-0.39, 0.29) is 35.6 Å². The molecule has 0 nitrogen and oxygen atoms in total. The van der Waals surface area contributed by atoms with Gasteiger partial charge in [0.15, 0.2) is 0 Å². The number of aryl methyl sites for hydroxylation is 2. The van der Waals surface area contributed by atoms with Crippen molar-refractivity contribution in [3.63, 3.8) is 0 Å². The van der Waals surface area contributed by atoms with Gasteiger partial charge in [0.2, 0.25) is 0 Å². The number of allylic oxidation sites excluding steroid dienone is 4. The quantitative estimate of drug-likeness (QED) is 0.0334. The molecule has 526 valence electrons. The molecular weight excluding hydrogens is 1280 g/mol. The molecule has 0 aliphatic heterocycles. The molecule has 0 aromatic heterocycles. The minimum absolute atomic E-state index is 0. The third-order valence-electron chi connectivity index (χ3n) is 21.4. The Morgan fingerprint density at radius 1 is 0.344 bits per heavy atom. The largest absolute Gasteiger partial charge is 1.00 e. The summed E-state index contributed by atoms with van der Waals surface area (Å²) in [6, 6.07) is 53.5. The molecule has 2 aliphatic carbocycles. The maximum absolute atomic E-state index is 2.95. The Balaban J connectivity index is 0.00000729. The molecule has 0 bridgehead atoms. The smallest absolute Gasteiger partial charge is 1.00 e. The fourth-order valence-corrected chi connectivity index (χ4v) is 25.2. The number of benzene rings is 6. The van der Waals surface area contributed by atoms with Gasteiger partial charge in [-0.2, -0.15) is 0 Å². The molecule has 0 unspecified atom stereocenters. The summed E-state index contributed by atoms with van der Waals surface area (Å²) < 4.78 is 3.90. The monoisotopic (exact) mass is 1410 g/mol. The maximum Gasteiger partial charge on any atom is -1.00 e. The molecule has 0 atom stereocenters. The first kappa shape index (κ1) is 81.1. The van der Waals surface area contributed by atoms with Crippen LogP contribution in [0.15, 0.2) is 155 Å². The summed E-state index contributed by atoms with van der Waals surface area (Å²) in [4.78, 5) is 0. The summed E-state index contributed by atoms with van der Waals surface area (Å²) in [5, 5.41) is 0. The molecule has 0 saturated heterocycles. The number of halogens is 2. The summed E-state index contributed by atoms with van der Waals surface area (Å²) in [6.07, 6.45) is 63.7. The van der Waals surface area contributed by atoms with E-state index in [2.05, 4.69) is 207 Å². The van der Waals surface area contributed by atoms with Gasteiger partial charge in [-0.3, -0.25) is 0 Å². The van der Waals surface area contributed by atoms with Gasteiger partial charge in [-0.25, -0.2) is 0 Å². The van der Waals surface area contributed by atoms with E-state index in [1.54, 1.807) is 14.4 Å². The van der Waals surface area contributed by atoms with E-state index in [0.29, 0.717) is 3.63 Å². The van der Waals surface area contributed by atoms with Gasteiger partial charge < -0.3 is 24.8 Å². The van der Waals surface area contributed by atoms with Crippen molar-refractivity contribution in [2.45, 2.75) is 333 Å². The van der Waals surface area contributed by atoms with E-state index in [4.69, 9.17) is 0 Å². The molecule has 96 heavy (non-hydrogen) atoms. The van der Waals surface area contributed by atoms with Gasteiger partial charge in [0.05, 0.1) is 0 Å². The molecule has 0 spiro atoms. The van der Waals surface area contributed by atoms with E-state index in [9.17, 15) is 0 Å². The van der Waals surface area contributed by atoms with Crippen LogP contribution in [0.5, 0.6) is 0 Å². The molecule has 0 N–H and O–H groups in total. The van der Waals surface area contributed by atoms with Crippen LogP contribution in [-0.4, -0.2) is 3.21 Å². The first-order chi connectivity index (χ1) is 46.0. The summed E-state index contributed by atoms with van der Waals surface area (Å²) in [5.74, 6) is 0. The molecule has 6 aromatic rings. The zero-order valence-electron chi connectivity index (χ0n) is 62.3. The van der Waals surface area contributed by atoms with Crippen LogP contribution < -0.4 is 24.8 Å². The van der Waals surface area contributed by atoms with Gasteiger partial charge >= 0.3 is 410 Å². The second-order valence-corrected chi connectivity index (χ2v) is 38.2. The van der Waals surface area contributed by atoms with Crippen LogP contribution in [0.25, 0.3) is 33.4 Å². The molecule has 0 heterocycles. The summed E-state index contributed by atoms with van der Waals surface area (Å²) in [6.45, 7) is 19.5. The zero-order chi connectivity index (χ0) is 66.1. The van der Waals surface area contributed by atoms with Crippen molar-refractivity contribution >= 4 is 3.21 Å². The zero-order valence-corrected chi connectivity index (χ0v) is 66.2. The van der Waals surface area contributed by atoms with Gasteiger partial charge in [-0.05, 0) is 0 Å². The third kappa shape index (κ3) is 26.3. The number of unbranched alkanes of at least 4 members (excludes halogenated alkanes) is 34. The minimum Gasteiger partial charge on any atom is -1.00 e. The van der Waals surface area contributed by atoms with Crippen LogP contribution in [0, 0.1) is 0 Å².